The van der Waals surface area contributed by atoms with Crippen LogP contribution in [0.15, 0.2) is 42.6 Å². The Kier molecular flexibility index (Phi) is 8.32. The first-order chi connectivity index (χ1) is 17.4. The fraction of sp³-hybridized carbons (Fsp3) is 0.481. The number of amides is 4. The van der Waals surface area contributed by atoms with Crippen LogP contribution in [0, 0.1) is 0 Å². The summed E-state index contributed by atoms with van der Waals surface area (Å²) in [7, 11) is 1.54. The van der Waals surface area contributed by atoms with Gasteiger partial charge in [0.1, 0.15) is 5.82 Å². The molecule has 0 spiro atoms. The molecule has 1 saturated heterocycles. The first-order valence-electron chi connectivity index (χ1n) is 12.8. The van der Waals surface area contributed by atoms with Crippen LogP contribution in [-0.2, 0) is 16.2 Å². The van der Waals surface area contributed by atoms with Crippen LogP contribution in [0.2, 0.25) is 0 Å². The average Bonchev–Trinajstić information content (AvgIpc) is 3.43. The second kappa shape index (κ2) is 11.6. The van der Waals surface area contributed by atoms with E-state index in [2.05, 4.69) is 15.6 Å². The standard InChI is InChI=1S/C27H35N5O4/c1-20(33)32(16-8-3-9-17-32)27(35)30-25-18-21(14-15-28-25)19-29-24-13-7-6-12-23(24)26(34)31(36-2)22-10-4-5-11-22/h6-7,12-15,18,22H,3-5,8-11,16-17,19H2,1-2H3,(H-,28,29,30,34,35)/p+1. The third-order valence-corrected chi connectivity index (χ3v) is 7.32. The number of para-hydroxylation sites is 1. The summed E-state index contributed by atoms with van der Waals surface area (Å²) in [5.41, 5.74) is 2.14. The maximum Gasteiger partial charge on any atom is 0.429 e. The lowest BCUT2D eigenvalue weighted by Crippen LogP contribution is -2.60. The molecule has 4 amide bonds. The molecule has 9 nitrogen and oxygen atoms in total. The lowest BCUT2D eigenvalue weighted by atomic mass is 10.1. The number of aromatic nitrogens is 1. The highest BCUT2D eigenvalue weighted by Crippen LogP contribution is 2.27. The number of likely N-dealkylation sites (tertiary alicyclic amines) is 1. The van der Waals surface area contributed by atoms with E-state index >= 15 is 0 Å². The Morgan fingerprint density at radius 3 is 2.47 bits per heavy atom. The van der Waals surface area contributed by atoms with E-state index in [1.165, 1.54) is 12.0 Å². The summed E-state index contributed by atoms with van der Waals surface area (Å²) in [4.78, 5) is 48.5. The van der Waals surface area contributed by atoms with E-state index in [9.17, 15) is 14.4 Å². The van der Waals surface area contributed by atoms with Crippen LogP contribution in [0.5, 0.6) is 0 Å². The maximum absolute atomic E-state index is 13.3. The molecule has 2 heterocycles. The van der Waals surface area contributed by atoms with Gasteiger partial charge in [-0.3, -0.25) is 14.9 Å². The highest BCUT2D eigenvalue weighted by Gasteiger charge is 2.43. The van der Waals surface area contributed by atoms with Crippen molar-refractivity contribution >= 4 is 29.4 Å². The topological polar surface area (TPSA) is 101 Å². The third-order valence-electron chi connectivity index (χ3n) is 7.32. The SMILES string of the molecule is CON(C(=O)c1ccccc1NCc1ccnc(NC(=O)[N+]2(C(C)=O)CCCCC2)c1)C1CCCC1. The zero-order valence-corrected chi connectivity index (χ0v) is 21.2. The van der Waals surface area contributed by atoms with E-state index < -0.39 is 0 Å². The molecule has 2 aliphatic rings. The lowest BCUT2D eigenvalue weighted by Gasteiger charge is -2.34. The molecule has 2 fully saturated rings. The molecule has 0 radical (unpaired) electrons. The van der Waals surface area contributed by atoms with Crippen LogP contribution in [0.4, 0.5) is 16.3 Å². The van der Waals surface area contributed by atoms with Gasteiger partial charge in [-0.15, -0.1) is 0 Å². The predicted octanol–water partition coefficient (Wildman–Crippen LogP) is 4.72. The average molecular weight is 495 g/mol. The Morgan fingerprint density at radius 2 is 1.78 bits per heavy atom. The predicted molar refractivity (Wildman–Crippen MR) is 137 cm³/mol. The largest absolute Gasteiger partial charge is 0.429 e. The molecule has 9 heteroatoms. The minimum absolute atomic E-state index is 0.0998. The van der Waals surface area contributed by atoms with Crippen LogP contribution < -0.4 is 10.6 Å². The molecular formula is C27H36N5O4+. The molecule has 0 atom stereocenters. The van der Waals surface area contributed by atoms with E-state index in [-0.39, 0.29) is 28.4 Å². The smallest absolute Gasteiger partial charge is 0.380 e. The van der Waals surface area contributed by atoms with Gasteiger partial charge in [-0.05, 0) is 61.9 Å². The van der Waals surface area contributed by atoms with Gasteiger partial charge >= 0.3 is 11.9 Å². The highest BCUT2D eigenvalue weighted by atomic mass is 16.7. The molecule has 1 aromatic heterocycles. The van der Waals surface area contributed by atoms with Gasteiger partial charge in [-0.1, -0.05) is 25.0 Å². The van der Waals surface area contributed by atoms with Crippen LogP contribution in [0.3, 0.4) is 0 Å². The summed E-state index contributed by atoms with van der Waals surface area (Å²) < 4.78 is -0.184. The van der Waals surface area contributed by atoms with E-state index in [4.69, 9.17) is 4.84 Å². The van der Waals surface area contributed by atoms with Crippen molar-refractivity contribution in [1.29, 1.82) is 0 Å². The summed E-state index contributed by atoms with van der Waals surface area (Å²) in [5, 5.41) is 7.70. The molecule has 2 N–H and O–H groups in total. The number of piperidine rings is 1. The van der Waals surface area contributed by atoms with Gasteiger partial charge in [-0.2, -0.15) is 4.48 Å². The number of hydroxylamine groups is 2. The normalized spacial score (nSPS) is 17.4. The first-order valence-corrected chi connectivity index (χ1v) is 12.8. The minimum Gasteiger partial charge on any atom is -0.380 e. The number of hydrogen-bond acceptors (Lipinski definition) is 6. The Balaban J connectivity index is 1.44. The van der Waals surface area contributed by atoms with E-state index in [0.717, 1.165) is 50.5 Å². The molecule has 2 aromatic rings. The fourth-order valence-corrected chi connectivity index (χ4v) is 5.26. The molecule has 1 aliphatic heterocycles. The Hall–Kier alpha value is -3.30. The molecule has 0 unspecified atom stereocenters. The van der Waals surface area contributed by atoms with Crippen molar-refractivity contribution < 1.29 is 23.7 Å². The molecule has 1 aliphatic carbocycles. The Labute approximate surface area is 212 Å². The van der Waals surface area contributed by atoms with Crippen LogP contribution in [-0.4, -0.2) is 58.6 Å². The quantitative estimate of drug-likeness (QED) is 0.427. The Morgan fingerprint density at radius 1 is 1.06 bits per heavy atom. The molecule has 4 rings (SSSR count). The number of urea groups is 1. The Bertz CT molecular complexity index is 1090. The number of rotatable bonds is 7. The summed E-state index contributed by atoms with van der Waals surface area (Å²) in [5.74, 6) is 0.101. The van der Waals surface area contributed by atoms with Gasteiger partial charge in [0, 0.05) is 18.4 Å². The third kappa shape index (κ3) is 5.57. The van der Waals surface area contributed by atoms with Crippen molar-refractivity contribution in [2.75, 3.05) is 30.8 Å². The molecule has 0 bridgehead atoms. The number of nitrogens with one attached hydrogen (secondary N) is 2. The van der Waals surface area contributed by atoms with Gasteiger partial charge in [-0.25, -0.2) is 19.6 Å². The van der Waals surface area contributed by atoms with Crippen LogP contribution in [0.25, 0.3) is 0 Å². The maximum atomic E-state index is 13.3. The van der Waals surface area contributed by atoms with Crippen molar-refractivity contribution in [1.82, 2.24) is 10.0 Å². The van der Waals surface area contributed by atoms with Crippen molar-refractivity contribution in [2.24, 2.45) is 0 Å². The summed E-state index contributed by atoms with van der Waals surface area (Å²) in [6, 6.07) is 10.8. The van der Waals surface area contributed by atoms with Crippen molar-refractivity contribution in [3.63, 3.8) is 0 Å². The molecular weight excluding hydrogens is 458 g/mol. The lowest BCUT2D eigenvalue weighted by molar-refractivity contribution is -0.776. The number of quaternary nitrogens is 1. The molecule has 36 heavy (non-hydrogen) atoms. The number of carbonyl (C=O) groups excluding carboxylic acids is 3. The number of hydrogen-bond donors (Lipinski definition) is 2. The zero-order valence-electron chi connectivity index (χ0n) is 21.2. The zero-order chi connectivity index (χ0) is 25.5. The monoisotopic (exact) mass is 494 g/mol. The van der Waals surface area contributed by atoms with E-state index in [0.29, 0.717) is 36.7 Å². The van der Waals surface area contributed by atoms with E-state index in [1.807, 2.05) is 24.3 Å². The summed E-state index contributed by atoms with van der Waals surface area (Å²) in [6.45, 7) is 2.95. The number of anilines is 2. The number of benzene rings is 1. The summed E-state index contributed by atoms with van der Waals surface area (Å²) >= 11 is 0. The molecule has 1 saturated carbocycles. The molecule has 1 aromatic carbocycles. The van der Waals surface area contributed by atoms with Gasteiger partial charge < -0.3 is 5.32 Å². The first kappa shape index (κ1) is 25.8. The number of pyridine rings is 1. The fourth-order valence-electron chi connectivity index (χ4n) is 5.26. The number of nitrogens with zero attached hydrogens (tertiary/aromatic N) is 3. The molecule has 192 valence electrons. The number of carbonyl (C=O) groups is 3. The van der Waals surface area contributed by atoms with Gasteiger partial charge in [0.15, 0.2) is 0 Å². The van der Waals surface area contributed by atoms with E-state index in [1.54, 1.807) is 25.4 Å². The summed E-state index contributed by atoms with van der Waals surface area (Å²) in [6.07, 6.45) is 8.47. The highest BCUT2D eigenvalue weighted by molar-refractivity contribution is 5.99. The second-order valence-corrected chi connectivity index (χ2v) is 9.63. The second-order valence-electron chi connectivity index (χ2n) is 9.63. The van der Waals surface area contributed by atoms with Crippen LogP contribution >= 0.6 is 0 Å². The van der Waals surface area contributed by atoms with Crippen molar-refractivity contribution in [3.8, 4) is 0 Å². The minimum atomic E-state index is -0.331. The van der Waals surface area contributed by atoms with Crippen molar-refractivity contribution in [3.05, 3.63) is 53.7 Å². The van der Waals surface area contributed by atoms with Gasteiger partial charge in [0.05, 0.1) is 38.7 Å². The van der Waals surface area contributed by atoms with Gasteiger partial charge in [0.25, 0.3) is 5.91 Å². The van der Waals surface area contributed by atoms with Crippen LogP contribution in [0.1, 0.15) is 67.8 Å². The van der Waals surface area contributed by atoms with Crippen molar-refractivity contribution in [2.45, 2.75) is 64.5 Å². The number of imide groups is 1. The van der Waals surface area contributed by atoms with Gasteiger partial charge in [0.2, 0.25) is 0 Å².